The van der Waals surface area contributed by atoms with Crippen molar-refractivity contribution in [3.8, 4) is 5.75 Å². The maximum atomic E-state index is 12.5. The third-order valence-corrected chi connectivity index (χ3v) is 4.31. The molecule has 148 valence electrons. The van der Waals surface area contributed by atoms with E-state index in [1.54, 1.807) is 0 Å². The Hall–Kier alpha value is -3.55. The molecular formula is C21H15F3N2O3. The molecule has 3 heterocycles. The molecule has 0 aliphatic carbocycles. The molecule has 0 saturated carbocycles. The van der Waals surface area contributed by atoms with E-state index in [1.165, 1.54) is 18.4 Å². The van der Waals surface area contributed by atoms with Gasteiger partial charge < -0.3 is 13.7 Å². The second-order valence-corrected chi connectivity index (χ2v) is 6.47. The van der Waals surface area contributed by atoms with Crippen molar-refractivity contribution in [2.24, 2.45) is 0 Å². The second kappa shape index (κ2) is 7.46. The molecule has 0 amide bonds. The van der Waals surface area contributed by atoms with Gasteiger partial charge in [0.25, 0.3) is 0 Å². The number of fused-ring (bicyclic) bond motifs is 1. The summed E-state index contributed by atoms with van der Waals surface area (Å²) in [4.78, 5) is 15.6. The second-order valence-electron chi connectivity index (χ2n) is 6.47. The van der Waals surface area contributed by atoms with Crippen LogP contribution in [-0.4, -0.2) is 9.55 Å². The van der Waals surface area contributed by atoms with E-state index in [1.807, 2.05) is 41.2 Å². The summed E-state index contributed by atoms with van der Waals surface area (Å²) in [5.74, 6) is 0.435. The van der Waals surface area contributed by atoms with Gasteiger partial charge in [0.2, 0.25) is 11.2 Å². The minimum Gasteiger partial charge on any atom is -0.482 e. The van der Waals surface area contributed by atoms with Crippen molar-refractivity contribution in [2.75, 3.05) is 0 Å². The molecule has 0 atom stereocenters. The zero-order valence-corrected chi connectivity index (χ0v) is 15.0. The molecule has 0 saturated heterocycles. The van der Waals surface area contributed by atoms with Crippen LogP contribution >= 0.6 is 0 Å². The Morgan fingerprint density at radius 1 is 1.07 bits per heavy atom. The topological polar surface area (TPSA) is 57.3 Å². The van der Waals surface area contributed by atoms with Gasteiger partial charge in [0.05, 0.1) is 6.54 Å². The minimum absolute atomic E-state index is 0.0219. The number of benzene rings is 1. The Kier molecular flexibility index (Phi) is 4.84. The summed E-state index contributed by atoms with van der Waals surface area (Å²) in [6.07, 6.45) is 1.68. The van der Waals surface area contributed by atoms with E-state index in [0.717, 1.165) is 23.0 Å². The van der Waals surface area contributed by atoms with E-state index in [9.17, 15) is 18.0 Å². The van der Waals surface area contributed by atoms with Gasteiger partial charge in [-0.3, -0.25) is 9.78 Å². The lowest BCUT2D eigenvalue weighted by molar-refractivity contribution is -0.141. The highest BCUT2D eigenvalue weighted by Crippen LogP contribution is 2.27. The molecule has 0 aliphatic rings. The molecule has 0 fully saturated rings. The summed E-state index contributed by atoms with van der Waals surface area (Å²) >= 11 is 0. The standard InChI is InChI=1S/C21H15F3N2O3/c22-21(23,24)20-6-5-14(8-25-20)12-29-19-13-28-17(7-18(19)27)11-26-9-15-3-1-2-4-16(15)10-26/h1-10,13H,11-12H2. The van der Waals surface area contributed by atoms with Crippen LogP contribution in [0.3, 0.4) is 0 Å². The molecule has 0 radical (unpaired) electrons. The molecule has 8 heteroatoms. The third-order valence-electron chi connectivity index (χ3n) is 4.31. The van der Waals surface area contributed by atoms with Crippen molar-refractivity contribution in [1.82, 2.24) is 9.55 Å². The van der Waals surface area contributed by atoms with Crippen LogP contribution < -0.4 is 10.2 Å². The average Bonchev–Trinajstić information content (AvgIpc) is 3.09. The van der Waals surface area contributed by atoms with Crippen molar-refractivity contribution >= 4 is 10.8 Å². The van der Waals surface area contributed by atoms with Gasteiger partial charge in [0, 0.05) is 30.2 Å². The van der Waals surface area contributed by atoms with Crippen LogP contribution in [0.25, 0.3) is 10.8 Å². The van der Waals surface area contributed by atoms with E-state index in [0.29, 0.717) is 17.9 Å². The molecule has 0 spiro atoms. The molecule has 0 bridgehead atoms. The molecular weight excluding hydrogens is 385 g/mol. The van der Waals surface area contributed by atoms with E-state index in [-0.39, 0.29) is 17.8 Å². The summed E-state index contributed by atoms with van der Waals surface area (Å²) in [6.45, 7) is 0.283. The first-order valence-electron chi connectivity index (χ1n) is 8.70. The van der Waals surface area contributed by atoms with Gasteiger partial charge in [-0.1, -0.05) is 30.3 Å². The summed E-state index contributed by atoms with van der Waals surface area (Å²) in [6, 6.07) is 11.3. The van der Waals surface area contributed by atoms with Crippen LogP contribution in [0, 0.1) is 0 Å². The number of pyridine rings is 1. The number of halogens is 3. The maximum Gasteiger partial charge on any atom is 0.433 e. The summed E-state index contributed by atoms with van der Waals surface area (Å²) in [5, 5.41) is 2.17. The first-order chi connectivity index (χ1) is 13.9. The predicted molar refractivity (Wildman–Crippen MR) is 99.6 cm³/mol. The maximum absolute atomic E-state index is 12.5. The van der Waals surface area contributed by atoms with Gasteiger partial charge >= 0.3 is 6.18 Å². The van der Waals surface area contributed by atoms with Crippen molar-refractivity contribution < 1.29 is 22.3 Å². The van der Waals surface area contributed by atoms with Gasteiger partial charge in [0.15, 0.2) is 0 Å². The van der Waals surface area contributed by atoms with Crippen LogP contribution in [-0.2, 0) is 19.3 Å². The average molecular weight is 400 g/mol. The molecule has 0 N–H and O–H groups in total. The van der Waals surface area contributed by atoms with Crippen molar-refractivity contribution in [1.29, 1.82) is 0 Å². The zero-order valence-electron chi connectivity index (χ0n) is 15.0. The first-order valence-corrected chi connectivity index (χ1v) is 8.70. The fourth-order valence-corrected chi connectivity index (χ4v) is 2.88. The molecule has 5 nitrogen and oxygen atoms in total. The number of ether oxygens (including phenoxy) is 1. The molecule has 3 aromatic heterocycles. The van der Waals surface area contributed by atoms with Crippen molar-refractivity contribution in [3.05, 3.63) is 94.6 Å². The molecule has 4 aromatic rings. The third kappa shape index (κ3) is 4.31. The summed E-state index contributed by atoms with van der Waals surface area (Å²) in [5.41, 5.74) is -0.953. The fourth-order valence-electron chi connectivity index (χ4n) is 2.88. The summed E-state index contributed by atoms with van der Waals surface area (Å²) < 4.78 is 50.3. The Bertz CT molecular complexity index is 1160. The van der Waals surface area contributed by atoms with Crippen molar-refractivity contribution in [2.45, 2.75) is 19.3 Å². The highest BCUT2D eigenvalue weighted by atomic mass is 19.4. The lowest BCUT2D eigenvalue weighted by Gasteiger charge is -2.08. The first kappa shape index (κ1) is 18.8. The molecule has 1 aromatic carbocycles. The molecule has 29 heavy (non-hydrogen) atoms. The minimum atomic E-state index is -4.50. The largest absolute Gasteiger partial charge is 0.482 e. The monoisotopic (exact) mass is 400 g/mol. The predicted octanol–water partition coefficient (Wildman–Crippen LogP) is 4.64. The number of alkyl halides is 3. The smallest absolute Gasteiger partial charge is 0.433 e. The zero-order chi connectivity index (χ0) is 20.4. The van der Waals surface area contributed by atoms with Crippen LogP contribution in [0.15, 0.2) is 76.5 Å². The van der Waals surface area contributed by atoms with Gasteiger partial charge in [-0.25, -0.2) is 0 Å². The quantitative estimate of drug-likeness (QED) is 0.490. The van der Waals surface area contributed by atoms with E-state index in [2.05, 4.69) is 4.98 Å². The van der Waals surface area contributed by atoms with Crippen LogP contribution in [0.4, 0.5) is 13.2 Å². The lowest BCUT2D eigenvalue weighted by atomic mass is 10.2. The van der Waals surface area contributed by atoms with E-state index < -0.39 is 11.9 Å². The number of hydrogen-bond donors (Lipinski definition) is 0. The number of nitrogens with zero attached hydrogens (tertiary/aromatic N) is 2. The van der Waals surface area contributed by atoms with E-state index in [4.69, 9.17) is 9.15 Å². The fraction of sp³-hybridized carbons (Fsp3) is 0.143. The Morgan fingerprint density at radius 3 is 2.38 bits per heavy atom. The highest BCUT2D eigenvalue weighted by molar-refractivity contribution is 5.82. The Balaban J connectivity index is 1.42. The van der Waals surface area contributed by atoms with Crippen LogP contribution in [0.2, 0.25) is 0 Å². The molecule has 4 rings (SSSR count). The number of rotatable bonds is 5. The van der Waals surface area contributed by atoms with Gasteiger partial charge in [-0.2, -0.15) is 13.2 Å². The number of hydrogen-bond acceptors (Lipinski definition) is 4. The van der Waals surface area contributed by atoms with Crippen molar-refractivity contribution in [3.63, 3.8) is 0 Å². The lowest BCUT2D eigenvalue weighted by Crippen LogP contribution is -2.10. The Labute approximate surface area is 163 Å². The van der Waals surface area contributed by atoms with Gasteiger partial charge in [0.1, 0.15) is 24.3 Å². The normalized spacial score (nSPS) is 11.7. The number of aromatic nitrogens is 2. The molecule has 0 unspecified atom stereocenters. The Morgan fingerprint density at radius 2 is 1.79 bits per heavy atom. The van der Waals surface area contributed by atoms with Crippen LogP contribution in [0.1, 0.15) is 17.0 Å². The van der Waals surface area contributed by atoms with Crippen LogP contribution in [0.5, 0.6) is 5.75 Å². The summed E-state index contributed by atoms with van der Waals surface area (Å²) in [7, 11) is 0. The SMILES string of the molecule is O=c1cc(Cn2cc3ccccc3c2)occ1OCc1ccc(C(F)(F)F)nc1. The van der Waals surface area contributed by atoms with Gasteiger partial charge in [-0.15, -0.1) is 0 Å². The molecule has 0 aliphatic heterocycles. The van der Waals surface area contributed by atoms with E-state index >= 15 is 0 Å². The highest BCUT2D eigenvalue weighted by Gasteiger charge is 2.32. The van der Waals surface area contributed by atoms with Gasteiger partial charge in [-0.05, 0) is 16.8 Å².